The highest BCUT2D eigenvalue weighted by Gasteiger charge is 2.18. The molecule has 0 aliphatic rings. The first kappa shape index (κ1) is 17.3. The minimum Gasteiger partial charge on any atom is -0.496 e. The summed E-state index contributed by atoms with van der Waals surface area (Å²) in [5.41, 5.74) is 1.22. The van der Waals surface area contributed by atoms with Crippen molar-refractivity contribution in [2.24, 2.45) is 0 Å². The van der Waals surface area contributed by atoms with Gasteiger partial charge in [-0.05, 0) is 31.2 Å². The van der Waals surface area contributed by atoms with Gasteiger partial charge in [-0.1, -0.05) is 36.0 Å². The first-order chi connectivity index (χ1) is 13.2. The van der Waals surface area contributed by atoms with Crippen LogP contribution in [0, 0.1) is 0 Å². The number of nitrogens with one attached hydrogen (secondary N) is 1. The monoisotopic (exact) mass is 380 g/mol. The van der Waals surface area contributed by atoms with E-state index in [9.17, 15) is 4.79 Å². The maximum Gasteiger partial charge on any atom is 0.277 e. The minimum absolute atomic E-state index is 0.164. The Kier molecular flexibility index (Phi) is 4.64. The summed E-state index contributed by atoms with van der Waals surface area (Å²) < 4.78 is 11.1. The Hall–Kier alpha value is -3.13. The number of hydrogen-bond acceptors (Lipinski definition) is 7. The fourth-order valence-corrected chi connectivity index (χ4v) is 3.43. The molecule has 0 bridgehead atoms. The SMILES string of the molecule is COc1ccccc1-c1nnc(SC(C)c2nc3ccccc3c(=O)[nH]2)o1. The van der Waals surface area contributed by atoms with Crippen molar-refractivity contribution in [3.05, 3.63) is 64.7 Å². The van der Waals surface area contributed by atoms with Crippen LogP contribution in [0.2, 0.25) is 0 Å². The van der Waals surface area contributed by atoms with E-state index in [2.05, 4.69) is 20.2 Å². The number of aromatic amines is 1. The van der Waals surface area contributed by atoms with E-state index in [1.165, 1.54) is 11.8 Å². The predicted octanol–water partition coefficient (Wildman–Crippen LogP) is 3.84. The Morgan fingerprint density at radius 2 is 1.89 bits per heavy atom. The number of thioether (sulfide) groups is 1. The molecule has 1 atom stereocenters. The molecular formula is C19H16N4O3S. The molecular weight excluding hydrogens is 364 g/mol. The molecule has 0 saturated heterocycles. The molecule has 0 amide bonds. The summed E-state index contributed by atoms with van der Waals surface area (Å²) in [6, 6.07) is 14.7. The summed E-state index contributed by atoms with van der Waals surface area (Å²) in [7, 11) is 1.59. The topological polar surface area (TPSA) is 93.9 Å². The van der Waals surface area contributed by atoms with Gasteiger partial charge >= 0.3 is 0 Å². The zero-order valence-electron chi connectivity index (χ0n) is 14.7. The maximum absolute atomic E-state index is 12.2. The normalized spacial score (nSPS) is 12.2. The van der Waals surface area contributed by atoms with Gasteiger partial charge in [-0.3, -0.25) is 4.79 Å². The Morgan fingerprint density at radius 3 is 2.74 bits per heavy atom. The predicted molar refractivity (Wildman–Crippen MR) is 103 cm³/mol. The van der Waals surface area contributed by atoms with E-state index in [0.717, 1.165) is 5.56 Å². The number of nitrogens with zero attached hydrogens (tertiary/aromatic N) is 3. The molecule has 1 N–H and O–H groups in total. The second kappa shape index (κ2) is 7.24. The van der Waals surface area contributed by atoms with Crippen molar-refractivity contribution in [3.63, 3.8) is 0 Å². The quantitative estimate of drug-likeness (QED) is 0.526. The molecule has 0 fully saturated rings. The van der Waals surface area contributed by atoms with Crippen LogP contribution in [0.25, 0.3) is 22.4 Å². The summed E-state index contributed by atoms with van der Waals surface area (Å²) in [4.78, 5) is 19.6. The first-order valence-corrected chi connectivity index (χ1v) is 9.16. The number of aromatic nitrogens is 4. The van der Waals surface area contributed by atoms with Crippen molar-refractivity contribution < 1.29 is 9.15 Å². The zero-order chi connectivity index (χ0) is 18.8. The van der Waals surface area contributed by atoms with Gasteiger partial charge in [0, 0.05) is 0 Å². The molecule has 0 aliphatic heterocycles. The Bertz CT molecular complexity index is 1150. The molecule has 8 heteroatoms. The molecule has 0 spiro atoms. The average molecular weight is 380 g/mol. The highest BCUT2D eigenvalue weighted by molar-refractivity contribution is 7.99. The maximum atomic E-state index is 12.2. The smallest absolute Gasteiger partial charge is 0.277 e. The van der Waals surface area contributed by atoms with Gasteiger partial charge in [-0.2, -0.15) is 0 Å². The molecule has 2 aromatic heterocycles. The number of benzene rings is 2. The van der Waals surface area contributed by atoms with Gasteiger partial charge in [-0.25, -0.2) is 4.98 Å². The summed E-state index contributed by atoms with van der Waals surface area (Å²) in [6.07, 6.45) is 0. The van der Waals surface area contributed by atoms with Crippen LogP contribution in [-0.4, -0.2) is 27.3 Å². The van der Waals surface area contributed by atoms with Crippen molar-refractivity contribution in [2.45, 2.75) is 17.4 Å². The van der Waals surface area contributed by atoms with Crippen LogP contribution < -0.4 is 10.3 Å². The van der Waals surface area contributed by atoms with Crippen molar-refractivity contribution in [1.29, 1.82) is 0 Å². The number of rotatable bonds is 5. The third-order valence-corrected chi connectivity index (χ3v) is 4.98. The molecule has 2 aromatic carbocycles. The van der Waals surface area contributed by atoms with Crippen molar-refractivity contribution in [1.82, 2.24) is 20.2 Å². The van der Waals surface area contributed by atoms with E-state index in [4.69, 9.17) is 9.15 Å². The lowest BCUT2D eigenvalue weighted by Crippen LogP contribution is -2.12. The number of hydrogen-bond donors (Lipinski definition) is 1. The molecule has 136 valence electrons. The van der Waals surface area contributed by atoms with E-state index in [1.807, 2.05) is 49.4 Å². The van der Waals surface area contributed by atoms with Gasteiger partial charge in [0.05, 0.1) is 28.8 Å². The van der Waals surface area contributed by atoms with Crippen molar-refractivity contribution in [2.75, 3.05) is 7.11 Å². The van der Waals surface area contributed by atoms with Gasteiger partial charge in [-0.15, -0.1) is 10.2 Å². The van der Waals surface area contributed by atoms with Crippen LogP contribution >= 0.6 is 11.8 Å². The van der Waals surface area contributed by atoms with Crippen LogP contribution in [0.5, 0.6) is 5.75 Å². The third kappa shape index (κ3) is 3.43. The van der Waals surface area contributed by atoms with E-state index < -0.39 is 0 Å². The Labute approximate surface area is 158 Å². The molecule has 7 nitrogen and oxygen atoms in total. The van der Waals surface area contributed by atoms with Crippen LogP contribution in [0.4, 0.5) is 0 Å². The van der Waals surface area contributed by atoms with Crippen LogP contribution in [0.3, 0.4) is 0 Å². The summed E-state index contributed by atoms with van der Waals surface area (Å²) in [5, 5.41) is 8.97. The number of para-hydroxylation sites is 2. The standard InChI is InChI=1S/C19H16N4O3S/c1-11(16-20-14-9-5-3-7-12(14)17(24)21-16)27-19-23-22-18(26-19)13-8-4-6-10-15(13)25-2/h3-11H,1-2H3,(H,20,21,24). The highest BCUT2D eigenvalue weighted by Crippen LogP contribution is 2.35. The lowest BCUT2D eigenvalue weighted by Gasteiger charge is -2.08. The van der Waals surface area contributed by atoms with Gasteiger partial charge < -0.3 is 14.1 Å². The molecule has 2 heterocycles. The second-order valence-electron chi connectivity index (χ2n) is 5.80. The van der Waals surface area contributed by atoms with Crippen molar-refractivity contribution >= 4 is 22.7 Å². The van der Waals surface area contributed by atoms with E-state index in [-0.39, 0.29) is 10.8 Å². The van der Waals surface area contributed by atoms with Crippen molar-refractivity contribution in [3.8, 4) is 17.2 Å². The number of fused-ring (bicyclic) bond motifs is 1. The van der Waals surface area contributed by atoms with Crippen LogP contribution in [0.15, 0.2) is 63.0 Å². The van der Waals surface area contributed by atoms with E-state index in [0.29, 0.717) is 33.6 Å². The lowest BCUT2D eigenvalue weighted by molar-refractivity contribution is 0.411. The lowest BCUT2D eigenvalue weighted by atomic mass is 10.2. The highest BCUT2D eigenvalue weighted by atomic mass is 32.2. The van der Waals surface area contributed by atoms with E-state index in [1.54, 1.807) is 13.2 Å². The zero-order valence-corrected chi connectivity index (χ0v) is 15.5. The van der Waals surface area contributed by atoms with Gasteiger partial charge in [0.2, 0.25) is 0 Å². The molecule has 4 aromatic rings. The molecule has 0 aliphatic carbocycles. The molecule has 4 rings (SSSR count). The van der Waals surface area contributed by atoms with Gasteiger partial charge in [0.15, 0.2) is 0 Å². The third-order valence-electron chi connectivity index (χ3n) is 4.04. The minimum atomic E-state index is -0.173. The van der Waals surface area contributed by atoms with Crippen LogP contribution in [0.1, 0.15) is 18.0 Å². The molecule has 0 radical (unpaired) electrons. The summed E-state index contributed by atoms with van der Waals surface area (Å²) in [6.45, 7) is 1.92. The Morgan fingerprint density at radius 1 is 1.11 bits per heavy atom. The van der Waals surface area contributed by atoms with Gasteiger partial charge in [0.25, 0.3) is 16.7 Å². The number of methoxy groups -OCH3 is 1. The number of ether oxygens (including phenoxy) is 1. The summed E-state index contributed by atoms with van der Waals surface area (Å²) >= 11 is 1.33. The first-order valence-electron chi connectivity index (χ1n) is 8.28. The van der Waals surface area contributed by atoms with Gasteiger partial charge in [0.1, 0.15) is 11.6 Å². The van der Waals surface area contributed by atoms with E-state index >= 15 is 0 Å². The second-order valence-corrected chi connectivity index (χ2v) is 7.09. The van der Waals surface area contributed by atoms with Crippen LogP contribution in [-0.2, 0) is 0 Å². The average Bonchev–Trinajstić information content (AvgIpc) is 3.16. The number of H-pyrrole nitrogens is 1. The molecule has 0 saturated carbocycles. The Balaban J connectivity index is 1.60. The molecule has 27 heavy (non-hydrogen) atoms. The fourth-order valence-electron chi connectivity index (χ4n) is 2.69. The largest absolute Gasteiger partial charge is 0.496 e. The molecule has 1 unspecified atom stereocenters. The summed E-state index contributed by atoms with van der Waals surface area (Å²) in [5.74, 6) is 1.59. The fraction of sp³-hybridized carbons (Fsp3) is 0.158.